The number of piperidine rings is 1. The van der Waals surface area contributed by atoms with E-state index in [4.69, 9.17) is 15.2 Å². The summed E-state index contributed by atoms with van der Waals surface area (Å²) in [6.45, 7) is 10.6. The first-order valence-electron chi connectivity index (χ1n) is 14.2. The highest BCUT2D eigenvalue weighted by atomic mass is 16.5. The van der Waals surface area contributed by atoms with Gasteiger partial charge in [-0.1, -0.05) is 6.58 Å². The molecule has 2 fully saturated rings. The highest BCUT2D eigenvalue weighted by Gasteiger charge is 2.30. The van der Waals surface area contributed by atoms with E-state index in [9.17, 15) is 4.79 Å². The molecule has 0 atom stereocenters. The van der Waals surface area contributed by atoms with Crippen molar-refractivity contribution in [1.82, 2.24) is 19.7 Å². The summed E-state index contributed by atoms with van der Waals surface area (Å²) in [5.41, 5.74) is 10.1. The van der Waals surface area contributed by atoms with Crippen molar-refractivity contribution < 1.29 is 14.3 Å². The second-order valence-corrected chi connectivity index (χ2v) is 11.0. The van der Waals surface area contributed by atoms with E-state index < -0.39 is 0 Å². The van der Waals surface area contributed by atoms with Gasteiger partial charge in [0.2, 0.25) is 17.7 Å². The summed E-state index contributed by atoms with van der Waals surface area (Å²) in [6, 6.07) is 6.27. The lowest BCUT2D eigenvalue weighted by molar-refractivity contribution is -0.111. The van der Waals surface area contributed by atoms with Crippen LogP contribution in [-0.4, -0.2) is 91.1 Å². The smallest absolute Gasteiger partial charge is 0.247 e. The fourth-order valence-corrected chi connectivity index (χ4v) is 5.45. The molecule has 4 N–H and O–H groups in total. The van der Waals surface area contributed by atoms with Crippen LogP contribution in [0.2, 0.25) is 0 Å². The van der Waals surface area contributed by atoms with Crippen LogP contribution in [-0.2, 0) is 16.6 Å². The third-order valence-electron chi connectivity index (χ3n) is 7.88. The Morgan fingerprint density at radius 3 is 2.56 bits per heavy atom. The van der Waals surface area contributed by atoms with E-state index in [0.29, 0.717) is 36.3 Å². The number of benzene rings is 1. The number of fused-ring (bicyclic) bond motifs is 1. The van der Waals surface area contributed by atoms with Gasteiger partial charge in [0.1, 0.15) is 11.9 Å². The number of pyridine rings is 1. The molecular formula is C30H40N10O3. The average Bonchev–Trinajstić information content (AvgIpc) is 3.34. The topological polar surface area (TPSA) is 138 Å². The minimum absolute atomic E-state index is 0.0752. The molecule has 2 saturated heterocycles. The number of ether oxygens (including phenoxy) is 2. The Balaban J connectivity index is 1.23. The fraction of sp³-hybridized carbons (Fsp3) is 0.400. The first kappa shape index (κ1) is 29.7. The first-order chi connectivity index (χ1) is 20.6. The van der Waals surface area contributed by atoms with Crippen LogP contribution in [0.15, 0.2) is 60.7 Å². The number of rotatable bonds is 10. The lowest BCUT2D eigenvalue weighted by atomic mass is 10.0. The summed E-state index contributed by atoms with van der Waals surface area (Å²) in [5, 5.41) is 11.2. The Hall–Kier alpha value is -4.78. The summed E-state index contributed by atoms with van der Waals surface area (Å²) in [6.07, 6.45) is 6.83. The number of nitrogens with one attached hydrogen (secondary N) is 2. The number of nitrogens with zero attached hydrogens (tertiary/aromatic N) is 7. The zero-order valence-corrected chi connectivity index (χ0v) is 25.2. The lowest BCUT2D eigenvalue weighted by Gasteiger charge is -2.40. The summed E-state index contributed by atoms with van der Waals surface area (Å²) < 4.78 is 13.4. The van der Waals surface area contributed by atoms with Crippen LogP contribution >= 0.6 is 0 Å². The zero-order valence-electron chi connectivity index (χ0n) is 25.2. The van der Waals surface area contributed by atoms with Crippen molar-refractivity contribution in [1.29, 1.82) is 0 Å². The molecular weight excluding hydrogens is 548 g/mol. The molecule has 228 valence electrons. The Morgan fingerprint density at radius 1 is 1.14 bits per heavy atom. The number of hydrogen-bond donors (Lipinski definition) is 3. The van der Waals surface area contributed by atoms with Gasteiger partial charge >= 0.3 is 0 Å². The molecule has 0 radical (unpaired) electrons. The molecule has 13 nitrogen and oxygen atoms in total. The molecule has 0 unspecified atom stereocenters. The molecule has 2 aromatic heterocycles. The number of nitrogens with two attached hydrogens (primary N) is 1. The SMILES string of the molecule is C=CC(=O)Nc1cc(NC(N)=NC(=C)OC2CN(c3cnc4c(cnn4C)c3)C2)c(OC)cc1N1CCC(N(C)C)CC1. The van der Waals surface area contributed by atoms with Crippen molar-refractivity contribution in [2.75, 3.05) is 67.8 Å². The van der Waals surface area contributed by atoms with Crippen LogP contribution < -0.4 is 30.9 Å². The molecule has 1 aromatic carbocycles. The summed E-state index contributed by atoms with van der Waals surface area (Å²) in [5.74, 6) is 0.510. The number of carbonyl (C=O) groups is 1. The minimum atomic E-state index is -0.311. The summed E-state index contributed by atoms with van der Waals surface area (Å²) >= 11 is 0. The molecule has 3 aromatic rings. The monoisotopic (exact) mass is 588 g/mol. The second kappa shape index (κ2) is 12.6. The Morgan fingerprint density at radius 2 is 1.88 bits per heavy atom. The first-order valence-corrected chi connectivity index (χ1v) is 14.2. The third kappa shape index (κ3) is 6.67. The molecule has 43 heavy (non-hydrogen) atoms. The number of hydrogen-bond acceptors (Lipinski definition) is 9. The highest BCUT2D eigenvalue weighted by molar-refractivity contribution is 6.03. The van der Waals surface area contributed by atoms with Crippen LogP contribution in [0.3, 0.4) is 0 Å². The largest absolute Gasteiger partial charge is 0.494 e. The second-order valence-electron chi connectivity index (χ2n) is 11.0. The normalized spacial score (nSPS) is 16.3. The highest BCUT2D eigenvalue weighted by Crippen LogP contribution is 2.38. The molecule has 0 aliphatic carbocycles. The number of aromatic nitrogens is 3. The number of anilines is 4. The molecule has 0 bridgehead atoms. The molecule has 5 rings (SSSR count). The molecule has 0 spiro atoms. The van der Waals surface area contributed by atoms with Gasteiger partial charge in [0.25, 0.3) is 0 Å². The van der Waals surface area contributed by atoms with Crippen LogP contribution in [0, 0.1) is 0 Å². The Kier molecular flexibility index (Phi) is 8.71. The van der Waals surface area contributed by atoms with Gasteiger partial charge in [-0.05, 0) is 51.7 Å². The Bertz CT molecular complexity index is 1530. The number of carbonyl (C=O) groups excluding carboxylic acids is 1. The van der Waals surface area contributed by atoms with E-state index in [1.165, 1.54) is 6.08 Å². The van der Waals surface area contributed by atoms with Gasteiger partial charge in [-0.2, -0.15) is 10.1 Å². The fourth-order valence-electron chi connectivity index (χ4n) is 5.45. The van der Waals surface area contributed by atoms with Crippen LogP contribution in [0.5, 0.6) is 5.75 Å². The minimum Gasteiger partial charge on any atom is -0.494 e. The van der Waals surface area contributed by atoms with Gasteiger partial charge in [-0.3, -0.25) is 9.48 Å². The molecule has 4 heterocycles. The van der Waals surface area contributed by atoms with Crippen LogP contribution in [0.1, 0.15) is 12.8 Å². The van der Waals surface area contributed by atoms with Crippen molar-refractivity contribution in [2.24, 2.45) is 17.8 Å². The maximum Gasteiger partial charge on any atom is 0.247 e. The number of aliphatic imine (C=N–C) groups is 1. The molecule has 13 heteroatoms. The van der Waals surface area contributed by atoms with Crippen molar-refractivity contribution in [3.8, 4) is 5.75 Å². The predicted octanol–water partition coefficient (Wildman–Crippen LogP) is 2.74. The molecule has 1 amide bonds. The van der Waals surface area contributed by atoms with Gasteiger partial charge in [-0.15, -0.1) is 0 Å². The van der Waals surface area contributed by atoms with Gasteiger partial charge in [0, 0.05) is 37.6 Å². The van der Waals surface area contributed by atoms with E-state index in [1.54, 1.807) is 24.1 Å². The number of methoxy groups -OCH3 is 1. The van der Waals surface area contributed by atoms with Crippen LogP contribution in [0.25, 0.3) is 11.0 Å². The van der Waals surface area contributed by atoms with Gasteiger partial charge in [-0.25, -0.2) is 4.98 Å². The molecule has 2 aliphatic rings. The summed E-state index contributed by atoms with van der Waals surface area (Å²) in [4.78, 5) is 27.8. The quantitative estimate of drug-likeness (QED) is 0.140. The van der Waals surface area contributed by atoms with Crippen LogP contribution in [0.4, 0.5) is 22.7 Å². The standard InChI is InChI=1S/C30H40N10O3/c1-7-28(41)35-24-13-25(27(42-6)14-26(24)39-10-8-21(9-11-39)37(3)4)36-30(31)34-19(2)43-23-17-40(18-23)22-12-20-15-33-38(5)29(20)32-16-22/h7,12-16,21,23H,1-2,8-11,17-18H2,3-6H3,(H,35,41)(H3,31,34,36). The van der Waals surface area contributed by atoms with Crippen molar-refractivity contribution in [3.63, 3.8) is 0 Å². The van der Waals surface area contributed by atoms with E-state index in [-0.39, 0.29) is 23.9 Å². The van der Waals surface area contributed by atoms with E-state index >= 15 is 0 Å². The maximum atomic E-state index is 12.3. The van der Waals surface area contributed by atoms with Crippen molar-refractivity contribution >= 4 is 45.6 Å². The third-order valence-corrected chi connectivity index (χ3v) is 7.88. The van der Waals surface area contributed by atoms with Crippen molar-refractivity contribution in [3.05, 3.63) is 55.7 Å². The number of guanidine groups is 1. The molecule has 0 saturated carbocycles. The van der Waals surface area contributed by atoms with E-state index in [1.807, 2.05) is 19.3 Å². The van der Waals surface area contributed by atoms with E-state index in [0.717, 1.165) is 48.3 Å². The average molecular weight is 589 g/mol. The van der Waals surface area contributed by atoms with Gasteiger partial charge in [0.05, 0.1) is 55.3 Å². The lowest BCUT2D eigenvalue weighted by Crippen LogP contribution is -2.52. The predicted molar refractivity (Wildman–Crippen MR) is 171 cm³/mol. The maximum absolute atomic E-state index is 12.3. The number of aryl methyl sites for hydroxylation is 1. The van der Waals surface area contributed by atoms with Gasteiger partial charge in [0.15, 0.2) is 5.65 Å². The van der Waals surface area contributed by atoms with E-state index in [2.05, 4.69) is 73.7 Å². The number of amides is 1. The van der Waals surface area contributed by atoms with Crippen molar-refractivity contribution in [2.45, 2.75) is 25.0 Å². The van der Waals surface area contributed by atoms with Gasteiger partial charge < -0.3 is 40.5 Å². The molecule has 2 aliphatic heterocycles. The zero-order chi connectivity index (χ0) is 30.7. The summed E-state index contributed by atoms with van der Waals surface area (Å²) in [7, 11) is 7.67. The Labute approximate surface area is 251 Å².